The first-order valence-corrected chi connectivity index (χ1v) is 8.44. The Labute approximate surface area is 144 Å². The van der Waals surface area contributed by atoms with Gasteiger partial charge in [-0.1, -0.05) is 47.3 Å². The average Bonchev–Trinajstić information content (AvgIpc) is 3.16. The Morgan fingerprint density at radius 1 is 1.33 bits per heavy atom. The van der Waals surface area contributed by atoms with E-state index in [9.17, 15) is 0 Å². The summed E-state index contributed by atoms with van der Waals surface area (Å²) in [5, 5.41) is 12.7. The molecule has 1 aromatic carbocycles. The third kappa shape index (κ3) is 3.65. The number of allylic oxidation sites excluding steroid dienone is 1. The van der Waals surface area contributed by atoms with E-state index in [1.165, 1.54) is 22.9 Å². The Balaban J connectivity index is 1.64. The highest BCUT2D eigenvalue weighted by molar-refractivity contribution is 7.98. The molecule has 0 spiro atoms. The standard InChI is InChI=1S/C16H18N6OS/c1-3-8-22-15(17)19-20-16(22)24-10-14-18-13(21-23-14)9-12-7-5-4-6-11(12)2/h3-7H,1,8-10H2,2H3,(H2,17,19). The van der Waals surface area contributed by atoms with E-state index in [2.05, 4.69) is 46.0 Å². The summed E-state index contributed by atoms with van der Waals surface area (Å²) in [5.74, 6) is 2.10. The van der Waals surface area contributed by atoms with Crippen LogP contribution in [0.2, 0.25) is 0 Å². The van der Waals surface area contributed by atoms with Crippen molar-refractivity contribution in [1.82, 2.24) is 24.9 Å². The highest BCUT2D eigenvalue weighted by Crippen LogP contribution is 2.22. The molecule has 0 aliphatic rings. The van der Waals surface area contributed by atoms with Crippen molar-refractivity contribution in [2.75, 3.05) is 5.73 Å². The Hall–Kier alpha value is -2.61. The summed E-state index contributed by atoms with van der Waals surface area (Å²) in [4.78, 5) is 4.44. The Bertz CT molecular complexity index is 841. The molecule has 124 valence electrons. The third-order valence-electron chi connectivity index (χ3n) is 3.50. The van der Waals surface area contributed by atoms with E-state index < -0.39 is 0 Å². The van der Waals surface area contributed by atoms with Gasteiger partial charge in [-0.25, -0.2) is 0 Å². The van der Waals surface area contributed by atoms with E-state index in [1.807, 2.05) is 12.1 Å². The molecule has 2 N–H and O–H groups in total. The second-order valence-electron chi connectivity index (χ2n) is 5.24. The van der Waals surface area contributed by atoms with Crippen molar-refractivity contribution in [2.45, 2.75) is 30.8 Å². The van der Waals surface area contributed by atoms with Crippen LogP contribution in [-0.4, -0.2) is 24.9 Å². The molecule has 0 amide bonds. The molecule has 0 unspecified atom stereocenters. The van der Waals surface area contributed by atoms with Gasteiger partial charge in [0.05, 0.1) is 5.75 Å². The van der Waals surface area contributed by atoms with Crippen LogP contribution in [0, 0.1) is 6.92 Å². The highest BCUT2D eigenvalue weighted by Gasteiger charge is 2.13. The fourth-order valence-electron chi connectivity index (χ4n) is 2.23. The molecule has 3 aromatic rings. The van der Waals surface area contributed by atoms with Crippen LogP contribution in [0.1, 0.15) is 22.8 Å². The molecule has 0 aliphatic heterocycles. The van der Waals surface area contributed by atoms with Crippen LogP contribution in [-0.2, 0) is 18.7 Å². The van der Waals surface area contributed by atoms with Crippen LogP contribution in [0.4, 0.5) is 5.95 Å². The molecule has 0 saturated heterocycles. The van der Waals surface area contributed by atoms with Gasteiger partial charge in [0.15, 0.2) is 11.0 Å². The Morgan fingerprint density at radius 2 is 2.17 bits per heavy atom. The number of nitrogens with zero attached hydrogens (tertiary/aromatic N) is 5. The lowest BCUT2D eigenvalue weighted by atomic mass is 10.1. The predicted octanol–water partition coefficient (Wildman–Crippen LogP) is 2.62. The van der Waals surface area contributed by atoms with Crippen LogP contribution in [0.15, 0.2) is 46.6 Å². The van der Waals surface area contributed by atoms with E-state index in [0.717, 1.165) is 0 Å². The topological polar surface area (TPSA) is 95.7 Å². The van der Waals surface area contributed by atoms with Crippen LogP contribution < -0.4 is 5.73 Å². The number of nitrogens with two attached hydrogens (primary N) is 1. The van der Waals surface area contributed by atoms with Crippen molar-refractivity contribution in [2.24, 2.45) is 0 Å². The second-order valence-corrected chi connectivity index (χ2v) is 6.18. The second kappa shape index (κ2) is 7.31. The minimum absolute atomic E-state index is 0.364. The molecule has 0 saturated carbocycles. The lowest BCUT2D eigenvalue weighted by molar-refractivity contribution is 0.385. The van der Waals surface area contributed by atoms with Crippen LogP contribution in [0.5, 0.6) is 0 Å². The van der Waals surface area contributed by atoms with E-state index in [-0.39, 0.29) is 0 Å². The molecule has 7 nitrogen and oxygen atoms in total. The molecule has 0 aliphatic carbocycles. The summed E-state index contributed by atoms with van der Waals surface area (Å²) in [6, 6.07) is 8.17. The number of hydrogen-bond acceptors (Lipinski definition) is 7. The van der Waals surface area contributed by atoms with Crippen LogP contribution >= 0.6 is 11.8 Å². The van der Waals surface area contributed by atoms with Crippen molar-refractivity contribution >= 4 is 17.7 Å². The predicted molar refractivity (Wildman–Crippen MR) is 92.5 cm³/mol. The third-order valence-corrected chi connectivity index (χ3v) is 4.45. The normalized spacial score (nSPS) is 10.9. The SMILES string of the molecule is C=CCn1c(N)nnc1SCc1nc(Cc2ccccc2C)no1. The minimum atomic E-state index is 0.364. The quantitative estimate of drug-likeness (QED) is 0.521. The summed E-state index contributed by atoms with van der Waals surface area (Å²) in [6.45, 7) is 6.34. The van der Waals surface area contributed by atoms with E-state index >= 15 is 0 Å². The summed E-state index contributed by atoms with van der Waals surface area (Å²) < 4.78 is 7.09. The van der Waals surface area contributed by atoms with Gasteiger partial charge >= 0.3 is 0 Å². The van der Waals surface area contributed by atoms with Crippen molar-refractivity contribution < 1.29 is 4.52 Å². The fourth-order valence-corrected chi connectivity index (χ4v) is 3.03. The first kappa shape index (κ1) is 16.3. The van der Waals surface area contributed by atoms with Gasteiger partial charge in [0.2, 0.25) is 11.8 Å². The lowest BCUT2D eigenvalue weighted by Gasteiger charge is -2.02. The van der Waals surface area contributed by atoms with Gasteiger partial charge in [-0.3, -0.25) is 4.57 Å². The van der Waals surface area contributed by atoms with Gasteiger partial charge in [-0.2, -0.15) is 4.98 Å². The van der Waals surface area contributed by atoms with Crippen molar-refractivity contribution in [3.63, 3.8) is 0 Å². The Morgan fingerprint density at radius 3 is 2.96 bits per heavy atom. The molecular weight excluding hydrogens is 324 g/mol. The summed E-state index contributed by atoms with van der Waals surface area (Å²) >= 11 is 1.45. The summed E-state index contributed by atoms with van der Waals surface area (Å²) in [6.07, 6.45) is 2.40. The minimum Gasteiger partial charge on any atom is -0.368 e. The molecular formula is C16H18N6OS. The number of rotatable bonds is 7. The van der Waals surface area contributed by atoms with Gasteiger partial charge in [-0.05, 0) is 18.1 Å². The summed E-state index contributed by atoms with van der Waals surface area (Å²) in [5.41, 5.74) is 8.18. The fraction of sp³-hybridized carbons (Fsp3) is 0.250. The largest absolute Gasteiger partial charge is 0.368 e. The number of aromatic nitrogens is 5. The van der Waals surface area contributed by atoms with Crippen molar-refractivity contribution in [3.05, 3.63) is 59.8 Å². The van der Waals surface area contributed by atoms with Gasteiger partial charge in [0.1, 0.15) is 0 Å². The zero-order valence-electron chi connectivity index (χ0n) is 13.3. The molecule has 3 rings (SSSR count). The van der Waals surface area contributed by atoms with Gasteiger partial charge in [-0.15, -0.1) is 16.8 Å². The van der Waals surface area contributed by atoms with Crippen molar-refractivity contribution in [1.29, 1.82) is 0 Å². The highest BCUT2D eigenvalue weighted by atomic mass is 32.2. The first-order chi connectivity index (χ1) is 11.7. The van der Waals surface area contributed by atoms with E-state index in [1.54, 1.807) is 10.6 Å². The van der Waals surface area contributed by atoms with Gasteiger partial charge in [0, 0.05) is 13.0 Å². The first-order valence-electron chi connectivity index (χ1n) is 7.45. The molecule has 0 fully saturated rings. The number of nitrogen functional groups attached to an aromatic ring is 1. The van der Waals surface area contributed by atoms with E-state index in [0.29, 0.717) is 41.5 Å². The van der Waals surface area contributed by atoms with Gasteiger partial charge in [0.25, 0.3) is 0 Å². The zero-order chi connectivity index (χ0) is 16.9. The van der Waals surface area contributed by atoms with Crippen LogP contribution in [0.3, 0.4) is 0 Å². The molecule has 24 heavy (non-hydrogen) atoms. The lowest BCUT2D eigenvalue weighted by Crippen LogP contribution is -2.03. The molecule has 2 heterocycles. The smallest absolute Gasteiger partial charge is 0.237 e. The summed E-state index contributed by atoms with van der Waals surface area (Å²) in [7, 11) is 0. The molecule has 8 heteroatoms. The van der Waals surface area contributed by atoms with Crippen LogP contribution in [0.25, 0.3) is 0 Å². The number of benzene rings is 1. The monoisotopic (exact) mass is 342 g/mol. The molecule has 0 radical (unpaired) electrons. The molecule has 2 aromatic heterocycles. The maximum absolute atomic E-state index is 5.78. The maximum atomic E-state index is 5.78. The number of aryl methyl sites for hydroxylation is 1. The Kier molecular flexibility index (Phi) is 4.95. The maximum Gasteiger partial charge on any atom is 0.237 e. The van der Waals surface area contributed by atoms with Gasteiger partial charge < -0.3 is 10.3 Å². The van der Waals surface area contributed by atoms with Crippen molar-refractivity contribution in [3.8, 4) is 0 Å². The number of hydrogen-bond donors (Lipinski definition) is 1. The number of thioether (sulfide) groups is 1. The zero-order valence-corrected chi connectivity index (χ0v) is 14.2. The average molecular weight is 342 g/mol. The molecule has 0 bridgehead atoms. The van der Waals surface area contributed by atoms with E-state index in [4.69, 9.17) is 10.3 Å². The number of anilines is 1. The molecule has 0 atom stereocenters.